The highest BCUT2D eigenvalue weighted by atomic mass is 16.6. The third-order valence-electron chi connectivity index (χ3n) is 2.85. The van der Waals surface area contributed by atoms with Crippen LogP contribution in [0.1, 0.15) is 0 Å². The van der Waals surface area contributed by atoms with Crippen LogP contribution in [-0.2, 0) is 4.74 Å². The van der Waals surface area contributed by atoms with E-state index >= 15 is 0 Å². The van der Waals surface area contributed by atoms with Crippen LogP contribution >= 0.6 is 0 Å². The second-order valence-electron chi connectivity index (χ2n) is 3.99. The second kappa shape index (κ2) is 4.72. The molecule has 3 unspecified atom stereocenters. The molecule has 5 atom stereocenters. The van der Waals surface area contributed by atoms with E-state index in [9.17, 15) is 15.0 Å². The van der Waals surface area contributed by atoms with E-state index in [1.165, 1.54) is 0 Å². The lowest BCUT2D eigenvalue weighted by atomic mass is 10.1. The summed E-state index contributed by atoms with van der Waals surface area (Å²) in [6, 6.07) is -0.508. The van der Waals surface area contributed by atoms with Crippen LogP contribution in [0, 0.1) is 0 Å². The summed E-state index contributed by atoms with van der Waals surface area (Å²) in [4.78, 5) is 12.8. The van der Waals surface area contributed by atoms with Gasteiger partial charge in [0.05, 0.1) is 13.3 Å². The molecule has 2 saturated heterocycles. The second-order valence-corrected chi connectivity index (χ2v) is 3.99. The molecule has 7 N–H and O–H groups in total. The molecule has 0 aromatic rings. The zero-order chi connectivity index (χ0) is 12.6. The van der Waals surface area contributed by atoms with Crippen LogP contribution in [0.15, 0.2) is 0 Å². The fraction of sp³-hybridized carbons (Fsp3) is 0.875. The molecular weight excluding hydrogens is 232 g/mol. The number of amides is 2. The Labute approximate surface area is 97.1 Å². The summed E-state index contributed by atoms with van der Waals surface area (Å²) < 4.78 is 5.21. The molecule has 0 spiro atoms. The molecule has 2 aliphatic heterocycles. The van der Waals surface area contributed by atoms with Gasteiger partial charge in [0.25, 0.3) is 0 Å². The Hall–Kier alpha value is -0.970. The predicted octanol–water partition coefficient (Wildman–Crippen LogP) is -3.76. The molecule has 98 valence electrons. The lowest BCUT2D eigenvalue weighted by Gasteiger charge is -2.36. The molecule has 2 rings (SSSR count). The number of hydrogen-bond donors (Lipinski definition) is 6. The summed E-state index contributed by atoms with van der Waals surface area (Å²) in [6.07, 6.45) is -5.07. The molecule has 2 amide bonds. The standard InChI is InChI=1S/C8H16N4O5/c9-7-10-2-12(8(16)11-7)6-5(15)4(14)3(1-13)17-6/h3-7,10,13-15H,1-2,9H2,(H,11,16)/t3-,4?,5-,6?,7?/m1/s1. The Balaban J connectivity index is 2.05. The third-order valence-corrected chi connectivity index (χ3v) is 2.85. The summed E-state index contributed by atoms with van der Waals surface area (Å²) in [6.45, 7) is -0.350. The van der Waals surface area contributed by atoms with Gasteiger partial charge in [0.1, 0.15) is 24.6 Å². The van der Waals surface area contributed by atoms with Gasteiger partial charge in [-0.2, -0.15) is 0 Å². The Morgan fingerprint density at radius 2 is 2.18 bits per heavy atom. The van der Waals surface area contributed by atoms with Gasteiger partial charge >= 0.3 is 6.03 Å². The SMILES string of the molecule is NC1NCN(C2O[C@H](CO)C(O)[C@H]2O)C(=O)N1. The first-order valence-corrected chi connectivity index (χ1v) is 5.23. The number of aliphatic hydroxyl groups excluding tert-OH is 3. The maximum absolute atomic E-state index is 11.6. The van der Waals surface area contributed by atoms with Gasteiger partial charge in [-0.3, -0.25) is 16.0 Å². The van der Waals surface area contributed by atoms with Crippen molar-refractivity contribution in [1.29, 1.82) is 0 Å². The Bertz CT molecular complexity index is 304. The molecule has 2 aliphatic rings. The van der Waals surface area contributed by atoms with E-state index in [4.69, 9.17) is 15.6 Å². The van der Waals surface area contributed by atoms with Crippen molar-refractivity contribution < 1.29 is 24.9 Å². The summed E-state index contributed by atoms with van der Waals surface area (Å²) in [7, 11) is 0. The van der Waals surface area contributed by atoms with Gasteiger partial charge in [-0.1, -0.05) is 0 Å². The molecular formula is C8H16N4O5. The molecule has 0 bridgehead atoms. The molecule has 0 saturated carbocycles. The first-order valence-electron chi connectivity index (χ1n) is 5.23. The molecule has 0 aromatic heterocycles. The van der Waals surface area contributed by atoms with E-state index in [-0.39, 0.29) is 6.67 Å². The number of rotatable bonds is 2. The lowest BCUT2D eigenvalue weighted by molar-refractivity contribution is -0.0865. The molecule has 0 aliphatic carbocycles. The number of urea groups is 1. The zero-order valence-corrected chi connectivity index (χ0v) is 8.98. The maximum atomic E-state index is 11.6. The minimum atomic E-state index is -1.27. The van der Waals surface area contributed by atoms with Crippen LogP contribution in [-0.4, -0.2) is 70.4 Å². The molecule has 0 radical (unpaired) electrons. The van der Waals surface area contributed by atoms with Gasteiger partial charge < -0.3 is 25.4 Å². The van der Waals surface area contributed by atoms with Crippen molar-refractivity contribution in [3.63, 3.8) is 0 Å². The molecule has 17 heavy (non-hydrogen) atoms. The van der Waals surface area contributed by atoms with Crippen molar-refractivity contribution in [3.8, 4) is 0 Å². The number of aliphatic hydroxyl groups is 3. The highest BCUT2D eigenvalue weighted by Gasteiger charge is 2.47. The summed E-state index contributed by atoms with van der Waals surface area (Å²) >= 11 is 0. The third kappa shape index (κ3) is 2.20. The van der Waals surface area contributed by atoms with Crippen LogP contribution in [0.25, 0.3) is 0 Å². The maximum Gasteiger partial charge on any atom is 0.322 e. The van der Waals surface area contributed by atoms with Gasteiger partial charge in [-0.05, 0) is 0 Å². The average molecular weight is 248 g/mol. The van der Waals surface area contributed by atoms with Crippen LogP contribution in [0.5, 0.6) is 0 Å². The van der Waals surface area contributed by atoms with E-state index in [1.54, 1.807) is 0 Å². The quantitative estimate of drug-likeness (QED) is 0.295. The number of ether oxygens (including phenoxy) is 1. The molecule has 0 aromatic carbocycles. The van der Waals surface area contributed by atoms with E-state index in [2.05, 4.69) is 10.6 Å². The van der Waals surface area contributed by atoms with Gasteiger partial charge in [0.2, 0.25) is 0 Å². The first-order chi connectivity index (χ1) is 8.04. The van der Waals surface area contributed by atoms with E-state index in [0.29, 0.717) is 0 Å². The smallest absolute Gasteiger partial charge is 0.322 e. The van der Waals surface area contributed by atoms with Gasteiger partial charge in [-0.15, -0.1) is 0 Å². The zero-order valence-electron chi connectivity index (χ0n) is 8.98. The monoisotopic (exact) mass is 248 g/mol. The molecule has 2 heterocycles. The molecule has 2 fully saturated rings. The summed E-state index contributed by atoms with van der Waals surface area (Å²) in [5.74, 6) is 0. The topological polar surface area (TPSA) is 140 Å². The Morgan fingerprint density at radius 1 is 1.47 bits per heavy atom. The van der Waals surface area contributed by atoms with E-state index < -0.39 is 43.5 Å². The Morgan fingerprint density at radius 3 is 2.71 bits per heavy atom. The van der Waals surface area contributed by atoms with Crippen LogP contribution < -0.4 is 16.4 Å². The number of hydrogen-bond acceptors (Lipinski definition) is 7. The van der Waals surface area contributed by atoms with Crippen molar-refractivity contribution in [1.82, 2.24) is 15.5 Å². The van der Waals surface area contributed by atoms with Gasteiger partial charge in [0.15, 0.2) is 6.23 Å². The highest BCUT2D eigenvalue weighted by Crippen LogP contribution is 2.24. The summed E-state index contributed by atoms with van der Waals surface area (Å²) in [5.41, 5.74) is 5.44. The first kappa shape index (κ1) is 12.5. The number of nitrogens with two attached hydrogens (primary N) is 1. The molecule has 9 heteroatoms. The van der Waals surface area contributed by atoms with Gasteiger partial charge in [-0.25, -0.2) is 4.79 Å². The van der Waals surface area contributed by atoms with E-state index in [1.807, 2.05) is 0 Å². The van der Waals surface area contributed by atoms with Crippen molar-refractivity contribution in [3.05, 3.63) is 0 Å². The van der Waals surface area contributed by atoms with Crippen molar-refractivity contribution in [2.24, 2.45) is 5.73 Å². The number of nitrogens with zero attached hydrogens (tertiary/aromatic N) is 1. The van der Waals surface area contributed by atoms with Crippen LogP contribution in [0.3, 0.4) is 0 Å². The molecule has 9 nitrogen and oxygen atoms in total. The fourth-order valence-electron chi connectivity index (χ4n) is 1.88. The number of carbonyl (C=O) groups excluding carboxylic acids is 1. The lowest BCUT2D eigenvalue weighted by Crippen LogP contribution is -2.67. The predicted molar refractivity (Wildman–Crippen MR) is 54.1 cm³/mol. The highest BCUT2D eigenvalue weighted by molar-refractivity contribution is 5.75. The number of carbonyl (C=O) groups is 1. The minimum absolute atomic E-state index is 0.0829. The normalized spacial score (nSPS) is 42.7. The van der Waals surface area contributed by atoms with Crippen LogP contribution in [0.4, 0.5) is 4.79 Å². The van der Waals surface area contributed by atoms with Gasteiger partial charge in [0, 0.05) is 0 Å². The fourth-order valence-corrected chi connectivity index (χ4v) is 1.88. The average Bonchev–Trinajstić information content (AvgIpc) is 2.57. The Kier molecular flexibility index (Phi) is 3.47. The summed E-state index contributed by atoms with van der Waals surface area (Å²) in [5, 5.41) is 33.4. The number of nitrogens with one attached hydrogen (secondary N) is 2. The van der Waals surface area contributed by atoms with Crippen molar-refractivity contribution >= 4 is 6.03 Å². The van der Waals surface area contributed by atoms with Crippen LogP contribution in [0.2, 0.25) is 0 Å². The minimum Gasteiger partial charge on any atom is -0.394 e. The largest absolute Gasteiger partial charge is 0.394 e. The van der Waals surface area contributed by atoms with E-state index in [0.717, 1.165) is 4.90 Å². The van der Waals surface area contributed by atoms with Crippen molar-refractivity contribution in [2.75, 3.05) is 13.3 Å². The van der Waals surface area contributed by atoms with Crippen molar-refractivity contribution in [2.45, 2.75) is 30.8 Å².